The quantitative estimate of drug-likeness (QED) is 0.367. The smallest absolute Gasteiger partial charge is 0.263 e. The Morgan fingerprint density at radius 1 is 1.38 bits per heavy atom. The summed E-state index contributed by atoms with van der Waals surface area (Å²) in [7, 11) is 1.54. The topological polar surface area (TPSA) is 94.4 Å². The minimum absolute atomic E-state index is 0.00778. The summed E-state index contributed by atoms with van der Waals surface area (Å²) in [5.74, 6) is -0.433. The van der Waals surface area contributed by atoms with E-state index in [0.29, 0.717) is 19.7 Å². The molecule has 6 heteroatoms. The van der Waals surface area contributed by atoms with Crippen LogP contribution in [-0.4, -0.2) is 31.3 Å². The number of carbonyl (C=O) groups is 1. The van der Waals surface area contributed by atoms with Gasteiger partial charge in [-0.15, -0.1) is 0 Å². The maximum atomic E-state index is 11.6. The van der Waals surface area contributed by atoms with Crippen LogP contribution in [0.15, 0.2) is 36.0 Å². The summed E-state index contributed by atoms with van der Waals surface area (Å²) in [6, 6.07) is 9.24. The predicted molar refractivity (Wildman–Crippen MR) is 77.8 cm³/mol. The molecule has 21 heavy (non-hydrogen) atoms. The fraction of sp³-hybridized carbons (Fsp3) is 0.333. The normalized spacial score (nSPS) is 10.8. The number of nitrogens with one attached hydrogen (secondary N) is 2. The Kier molecular flexibility index (Phi) is 7.58. The third-order valence-electron chi connectivity index (χ3n) is 2.71. The highest BCUT2D eigenvalue weighted by Crippen LogP contribution is 2.04. The van der Waals surface area contributed by atoms with Crippen molar-refractivity contribution in [2.24, 2.45) is 0 Å². The average Bonchev–Trinajstić information content (AvgIpc) is 2.52. The molecule has 0 radical (unpaired) electrons. The molecular formula is C15H19N3O3. The lowest BCUT2D eigenvalue weighted by molar-refractivity contribution is -0.117. The van der Waals surface area contributed by atoms with Crippen LogP contribution in [0.4, 0.5) is 0 Å². The number of nitriles is 1. The van der Waals surface area contributed by atoms with E-state index >= 15 is 0 Å². The first-order valence-electron chi connectivity index (χ1n) is 6.50. The lowest BCUT2D eigenvalue weighted by Crippen LogP contribution is -2.28. The summed E-state index contributed by atoms with van der Waals surface area (Å²) in [6.07, 6.45) is 1.39. The lowest BCUT2D eigenvalue weighted by Gasteiger charge is -2.05. The van der Waals surface area contributed by atoms with Crippen LogP contribution >= 0.6 is 0 Å². The number of amides is 1. The van der Waals surface area contributed by atoms with E-state index in [9.17, 15) is 4.79 Å². The number of carbonyl (C=O) groups excluding carboxylic acids is 1. The van der Waals surface area contributed by atoms with Gasteiger partial charge in [0.15, 0.2) is 0 Å². The first-order chi connectivity index (χ1) is 10.2. The third-order valence-corrected chi connectivity index (χ3v) is 2.71. The van der Waals surface area contributed by atoms with Gasteiger partial charge in [-0.25, -0.2) is 0 Å². The Hall–Kier alpha value is -2.36. The molecular weight excluding hydrogens is 270 g/mol. The van der Waals surface area contributed by atoms with Gasteiger partial charge < -0.3 is 20.5 Å². The fourth-order valence-electron chi connectivity index (χ4n) is 1.54. The van der Waals surface area contributed by atoms with Gasteiger partial charge in [-0.2, -0.15) is 5.26 Å². The molecule has 3 N–H and O–H groups in total. The number of methoxy groups -OCH3 is 1. The van der Waals surface area contributed by atoms with Crippen LogP contribution in [0.2, 0.25) is 0 Å². The number of hydrogen-bond acceptors (Lipinski definition) is 5. The molecule has 0 aliphatic heterocycles. The first-order valence-corrected chi connectivity index (χ1v) is 6.50. The predicted octanol–water partition coefficient (Wildman–Crippen LogP) is 0.439. The van der Waals surface area contributed by atoms with E-state index in [-0.39, 0.29) is 12.2 Å². The van der Waals surface area contributed by atoms with E-state index in [2.05, 4.69) is 10.6 Å². The van der Waals surface area contributed by atoms with Gasteiger partial charge in [0.1, 0.15) is 11.6 Å². The molecule has 1 aromatic carbocycles. The Morgan fingerprint density at radius 3 is 2.62 bits per heavy atom. The fourth-order valence-corrected chi connectivity index (χ4v) is 1.54. The highest BCUT2D eigenvalue weighted by Gasteiger charge is 2.07. The Balaban J connectivity index is 2.48. The summed E-state index contributed by atoms with van der Waals surface area (Å²) in [5.41, 5.74) is 1.84. The summed E-state index contributed by atoms with van der Waals surface area (Å²) in [5, 5.41) is 23.4. The van der Waals surface area contributed by atoms with Gasteiger partial charge in [-0.05, 0) is 11.1 Å². The van der Waals surface area contributed by atoms with E-state index in [1.54, 1.807) is 0 Å². The number of nitrogens with zero attached hydrogens (tertiary/aromatic N) is 1. The molecule has 6 nitrogen and oxygen atoms in total. The first kappa shape index (κ1) is 16.7. The van der Waals surface area contributed by atoms with Crippen molar-refractivity contribution in [1.82, 2.24) is 10.6 Å². The summed E-state index contributed by atoms with van der Waals surface area (Å²) >= 11 is 0. The van der Waals surface area contributed by atoms with Crippen molar-refractivity contribution in [3.8, 4) is 6.07 Å². The lowest BCUT2D eigenvalue weighted by atomic mass is 10.1. The van der Waals surface area contributed by atoms with Gasteiger partial charge in [0, 0.05) is 26.4 Å². The van der Waals surface area contributed by atoms with Crippen molar-refractivity contribution in [1.29, 1.82) is 5.26 Å². The van der Waals surface area contributed by atoms with Gasteiger partial charge >= 0.3 is 0 Å². The molecule has 0 aliphatic rings. The monoisotopic (exact) mass is 289 g/mol. The van der Waals surface area contributed by atoms with E-state index < -0.39 is 5.91 Å². The van der Waals surface area contributed by atoms with Crippen molar-refractivity contribution in [3.63, 3.8) is 0 Å². The Labute approximate surface area is 124 Å². The molecule has 112 valence electrons. The third kappa shape index (κ3) is 6.08. The second-order valence-corrected chi connectivity index (χ2v) is 4.27. The van der Waals surface area contributed by atoms with E-state index in [1.807, 2.05) is 30.3 Å². The zero-order chi connectivity index (χ0) is 15.5. The molecule has 0 saturated carbocycles. The number of ether oxygens (including phenoxy) is 1. The molecule has 0 atom stereocenters. The number of hydrogen-bond donors (Lipinski definition) is 3. The second-order valence-electron chi connectivity index (χ2n) is 4.27. The van der Waals surface area contributed by atoms with Crippen LogP contribution in [0.5, 0.6) is 0 Å². The van der Waals surface area contributed by atoms with Crippen molar-refractivity contribution < 1.29 is 14.6 Å². The maximum absolute atomic E-state index is 11.6. The number of rotatable bonds is 8. The molecule has 0 aliphatic carbocycles. The van der Waals surface area contributed by atoms with E-state index in [1.165, 1.54) is 13.3 Å². The molecule has 0 fully saturated rings. The van der Waals surface area contributed by atoms with Gasteiger partial charge in [0.05, 0.1) is 13.2 Å². The standard InChI is InChI=1S/C15H19N3O3/c1-21-7-6-18-15(20)14(8-16)10-17-9-12-2-4-13(11-19)5-3-12/h2-5,10,17,19H,6-7,9,11H2,1H3,(H,18,20)/b14-10-. The highest BCUT2D eigenvalue weighted by atomic mass is 16.5. The summed E-state index contributed by atoms with van der Waals surface area (Å²) in [4.78, 5) is 11.6. The van der Waals surface area contributed by atoms with Crippen LogP contribution in [0.25, 0.3) is 0 Å². The average molecular weight is 289 g/mol. The Morgan fingerprint density at radius 2 is 2.05 bits per heavy atom. The molecule has 0 saturated heterocycles. The highest BCUT2D eigenvalue weighted by molar-refractivity contribution is 5.97. The van der Waals surface area contributed by atoms with Gasteiger partial charge in [0.2, 0.25) is 0 Å². The van der Waals surface area contributed by atoms with Crippen molar-refractivity contribution >= 4 is 5.91 Å². The zero-order valence-electron chi connectivity index (χ0n) is 11.9. The molecule has 1 amide bonds. The van der Waals surface area contributed by atoms with Crippen molar-refractivity contribution in [2.75, 3.05) is 20.3 Å². The summed E-state index contributed by atoms with van der Waals surface area (Å²) < 4.78 is 4.81. The van der Waals surface area contributed by atoms with Crippen LogP contribution in [0.3, 0.4) is 0 Å². The number of aliphatic hydroxyl groups is 1. The van der Waals surface area contributed by atoms with Gasteiger partial charge in [-0.3, -0.25) is 4.79 Å². The second kappa shape index (κ2) is 9.53. The van der Waals surface area contributed by atoms with Crippen LogP contribution in [0, 0.1) is 11.3 Å². The Bertz CT molecular complexity index is 518. The molecule has 0 aromatic heterocycles. The molecule has 1 aromatic rings. The number of aliphatic hydroxyl groups excluding tert-OH is 1. The SMILES string of the molecule is COCCNC(=O)/C(C#N)=C\NCc1ccc(CO)cc1. The zero-order valence-corrected chi connectivity index (χ0v) is 11.9. The van der Waals surface area contributed by atoms with Crippen LogP contribution in [0.1, 0.15) is 11.1 Å². The molecule has 0 heterocycles. The molecule has 0 bridgehead atoms. The van der Waals surface area contributed by atoms with Crippen LogP contribution < -0.4 is 10.6 Å². The van der Waals surface area contributed by atoms with Crippen molar-refractivity contribution in [3.05, 3.63) is 47.2 Å². The van der Waals surface area contributed by atoms with Crippen LogP contribution in [-0.2, 0) is 22.7 Å². The van der Waals surface area contributed by atoms with Crippen molar-refractivity contribution in [2.45, 2.75) is 13.2 Å². The van der Waals surface area contributed by atoms with E-state index in [0.717, 1.165) is 11.1 Å². The molecule has 0 unspecified atom stereocenters. The largest absolute Gasteiger partial charge is 0.392 e. The summed E-state index contributed by atoms with van der Waals surface area (Å²) in [6.45, 7) is 1.25. The maximum Gasteiger partial charge on any atom is 0.263 e. The number of benzene rings is 1. The molecule has 1 rings (SSSR count). The van der Waals surface area contributed by atoms with Gasteiger partial charge in [0.25, 0.3) is 5.91 Å². The molecule has 0 spiro atoms. The minimum atomic E-state index is -0.433. The minimum Gasteiger partial charge on any atom is -0.392 e. The van der Waals surface area contributed by atoms with Gasteiger partial charge in [-0.1, -0.05) is 24.3 Å². The van der Waals surface area contributed by atoms with E-state index in [4.69, 9.17) is 15.1 Å².